The quantitative estimate of drug-likeness (QED) is 0.805. The van der Waals surface area contributed by atoms with Gasteiger partial charge in [-0.3, -0.25) is 0 Å². The van der Waals surface area contributed by atoms with Gasteiger partial charge in [-0.2, -0.15) is 0 Å². The molecule has 0 saturated carbocycles. The average Bonchev–Trinajstić information content (AvgIpc) is 2.27. The van der Waals surface area contributed by atoms with Gasteiger partial charge in [-0.1, -0.05) is 23.8 Å². The van der Waals surface area contributed by atoms with Crippen molar-refractivity contribution in [3.05, 3.63) is 52.6 Å². The molecule has 0 aliphatic heterocycles. The number of benzene rings is 2. The lowest BCUT2D eigenvalue weighted by Crippen LogP contribution is -1.94. The van der Waals surface area contributed by atoms with Crippen molar-refractivity contribution in [3.8, 4) is 11.1 Å². The van der Waals surface area contributed by atoms with Crippen LogP contribution in [-0.4, -0.2) is 7.05 Å². The third kappa shape index (κ3) is 2.26. The summed E-state index contributed by atoms with van der Waals surface area (Å²) in [6.07, 6.45) is 0. The summed E-state index contributed by atoms with van der Waals surface area (Å²) in [6.45, 7) is 8.68. The largest absolute Gasteiger partial charge is 0.388 e. The SMILES string of the molecule is CNc1ccc(-c2c(C)cc(C)cc2C)cc1C. The second-order valence-corrected chi connectivity index (χ2v) is 5.05. The fourth-order valence-corrected chi connectivity index (χ4v) is 2.74. The molecule has 0 saturated heterocycles. The van der Waals surface area contributed by atoms with E-state index in [2.05, 4.69) is 63.3 Å². The van der Waals surface area contributed by atoms with E-state index in [1.54, 1.807) is 0 Å². The molecule has 0 unspecified atom stereocenters. The van der Waals surface area contributed by atoms with E-state index in [9.17, 15) is 0 Å². The fraction of sp³-hybridized carbons (Fsp3) is 0.294. The van der Waals surface area contributed by atoms with Gasteiger partial charge < -0.3 is 5.32 Å². The summed E-state index contributed by atoms with van der Waals surface area (Å²) in [5.74, 6) is 0. The molecule has 0 aliphatic rings. The number of hydrogen-bond donors (Lipinski definition) is 1. The Morgan fingerprint density at radius 3 is 1.89 bits per heavy atom. The normalized spacial score (nSPS) is 10.5. The summed E-state index contributed by atoms with van der Waals surface area (Å²) in [5, 5.41) is 3.21. The molecule has 94 valence electrons. The molecule has 18 heavy (non-hydrogen) atoms. The van der Waals surface area contributed by atoms with Gasteiger partial charge >= 0.3 is 0 Å². The van der Waals surface area contributed by atoms with Gasteiger partial charge in [0.25, 0.3) is 0 Å². The average molecular weight is 239 g/mol. The molecule has 1 heteroatoms. The predicted octanol–water partition coefficient (Wildman–Crippen LogP) is 4.63. The van der Waals surface area contributed by atoms with E-state index in [-0.39, 0.29) is 0 Å². The van der Waals surface area contributed by atoms with Crippen LogP contribution in [0, 0.1) is 27.7 Å². The highest BCUT2D eigenvalue weighted by atomic mass is 14.8. The Balaban J connectivity index is 2.59. The number of aryl methyl sites for hydroxylation is 4. The number of anilines is 1. The van der Waals surface area contributed by atoms with E-state index in [1.165, 1.54) is 39.1 Å². The first kappa shape index (κ1) is 12.7. The van der Waals surface area contributed by atoms with Crippen LogP contribution in [0.25, 0.3) is 11.1 Å². The molecule has 0 aliphatic carbocycles. The van der Waals surface area contributed by atoms with Crippen molar-refractivity contribution in [2.24, 2.45) is 0 Å². The van der Waals surface area contributed by atoms with Gasteiger partial charge in [0.2, 0.25) is 0 Å². The highest BCUT2D eigenvalue weighted by molar-refractivity contribution is 5.74. The van der Waals surface area contributed by atoms with Crippen molar-refractivity contribution in [1.82, 2.24) is 0 Å². The van der Waals surface area contributed by atoms with Crippen molar-refractivity contribution in [3.63, 3.8) is 0 Å². The molecule has 0 atom stereocenters. The standard InChI is InChI=1S/C17H21N/c1-11-8-13(3)17(14(4)9-11)15-6-7-16(18-5)12(2)10-15/h6-10,18H,1-5H3. The van der Waals surface area contributed by atoms with Crippen molar-refractivity contribution >= 4 is 5.69 Å². The van der Waals surface area contributed by atoms with Gasteiger partial charge in [0.1, 0.15) is 0 Å². The van der Waals surface area contributed by atoms with Crippen molar-refractivity contribution in [1.29, 1.82) is 0 Å². The molecule has 1 nitrogen and oxygen atoms in total. The molecular weight excluding hydrogens is 218 g/mol. The van der Waals surface area contributed by atoms with Crippen LogP contribution in [0.1, 0.15) is 22.3 Å². The highest BCUT2D eigenvalue weighted by Gasteiger charge is 2.07. The molecule has 0 radical (unpaired) electrons. The van der Waals surface area contributed by atoms with E-state index in [0.29, 0.717) is 0 Å². The molecule has 0 bridgehead atoms. The fourth-order valence-electron chi connectivity index (χ4n) is 2.74. The van der Waals surface area contributed by atoms with Crippen LogP contribution < -0.4 is 5.32 Å². The summed E-state index contributed by atoms with van der Waals surface area (Å²) in [7, 11) is 1.96. The number of hydrogen-bond acceptors (Lipinski definition) is 1. The summed E-state index contributed by atoms with van der Waals surface area (Å²) >= 11 is 0. The third-order valence-electron chi connectivity index (χ3n) is 3.46. The smallest absolute Gasteiger partial charge is 0.0367 e. The van der Waals surface area contributed by atoms with Crippen LogP contribution in [0.15, 0.2) is 30.3 Å². The van der Waals surface area contributed by atoms with Gasteiger partial charge in [-0.05, 0) is 67.6 Å². The molecular formula is C17H21N. The summed E-state index contributed by atoms with van der Waals surface area (Å²) in [4.78, 5) is 0. The van der Waals surface area contributed by atoms with E-state index in [0.717, 1.165) is 0 Å². The maximum atomic E-state index is 3.21. The molecule has 2 rings (SSSR count). The van der Waals surface area contributed by atoms with E-state index in [1.807, 2.05) is 7.05 Å². The Labute approximate surface area is 110 Å². The highest BCUT2D eigenvalue weighted by Crippen LogP contribution is 2.30. The maximum Gasteiger partial charge on any atom is 0.0367 e. The van der Waals surface area contributed by atoms with Crippen molar-refractivity contribution < 1.29 is 0 Å². The molecule has 1 N–H and O–H groups in total. The lowest BCUT2D eigenvalue weighted by Gasteiger charge is -2.14. The number of rotatable bonds is 2. The van der Waals surface area contributed by atoms with Gasteiger partial charge in [0, 0.05) is 12.7 Å². The summed E-state index contributed by atoms with van der Waals surface area (Å²) in [6, 6.07) is 11.1. The van der Waals surface area contributed by atoms with Crippen LogP contribution in [0.4, 0.5) is 5.69 Å². The molecule has 0 aromatic heterocycles. The lowest BCUT2D eigenvalue weighted by molar-refractivity contribution is 1.31. The monoisotopic (exact) mass is 239 g/mol. The minimum atomic E-state index is 1.20. The second-order valence-electron chi connectivity index (χ2n) is 5.05. The van der Waals surface area contributed by atoms with E-state index >= 15 is 0 Å². The van der Waals surface area contributed by atoms with Gasteiger partial charge in [-0.25, -0.2) is 0 Å². The van der Waals surface area contributed by atoms with Crippen LogP contribution >= 0.6 is 0 Å². The molecule has 2 aromatic rings. The van der Waals surface area contributed by atoms with Gasteiger partial charge in [-0.15, -0.1) is 0 Å². The Hall–Kier alpha value is -1.76. The van der Waals surface area contributed by atoms with Crippen molar-refractivity contribution in [2.75, 3.05) is 12.4 Å². The molecule has 0 fully saturated rings. The zero-order valence-corrected chi connectivity index (χ0v) is 11.9. The lowest BCUT2D eigenvalue weighted by atomic mass is 9.93. The van der Waals surface area contributed by atoms with Crippen LogP contribution in [-0.2, 0) is 0 Å². The Kier molecular flexibility index (Phi) is 3.42. The zero-order chi connectivity index (χ0) is 13.3. The molecule has 2 aromatic carbocycles. The van der Waals surface area contributed by atoms with Crippen molar-refractivity contribution in [2.45, 2.75) is 27.7 Å². The predicted molar refractivity (Wildman–Crippen MR) is 80.4 cm³/mol. The summed E-state index contributed by atoms with van der Waals surface area (Å²) in [5.41, 5.74) is 9.19. The second kappa shape index (κ2) is 4.85. The first-order valence-corrected chi connectivity index (χ1v) is 6.39. The Morgan fingerprint density at radius 1 is 0.778 bits per heavy atom. The first-order valence-electron chi connectivity index (χ1n) is 6.39. The first-order chi connectivity index (χ1) is 8.52. The van der Waals surface area contributed by atoms with Crippen LogP contribution in [0.2, 0.25) is 0 Å². The molecule has 0 spiro atoms. The third-order valence-corrected chi connectivity index (χ3v) is 3.46. The maximum absolute atomic E-state index is 3.21. The van der Waals surface area contributed by atoms with Crippen LogP contribution in [0.3, 0.4) is 0 Å². The zero-order valence-electron chi connectivity index (χ0n) is 11.9. The Bertz CT molecular complexity index is 559. The van der Waals surface area contributed by atoms with E-state index < -0.39 is 0 Å². The van der Waals surface area contributed by atoms with Crippen LogP contribution in [0.5, 0.6) is 0 Å². The summed E-state index contributed by atoms with van der Waals surface area (Å²) < 4.78 is 0. The minimum absolute atomic E-state index is 1.20. The van der Waals surface area contributed by atoms with Gasteiger partial charge in [0.05, 0.1) is 0 Å². The van der Waals surface area contributed by atoms with Gasteiger partial charge in [0.15, 0.2) is 0 Å². The topological polar surface area (TPSA) is 12.0 Å². The molecule has 0 heterocycles. The molecule has 0 amide bonds. The Morgan fingerprint density at radius 2 is 1.39 bits per heavy atom. The minimum Gasteiger partial charge on any atom is -0.388 e. The number of nitrogens with one attached hydrogen (secondary N) is 1. The van der Waals surface area contributed by atoms with E-state index in [4.69, 9.17) is 0 Å².